The molecule has 2 rings (SSSR count). The average molecular weight is 271 g/mol. The lowest BCUT2D eigenvalue weighted by Crippen LogP contribution is -2.17. The second-order valence-electron chi connectivity index (χ2n) is 3.64. The zero-order valence-electron chi connectivity index (χ0n) is 9.12. The van der Waals surface area contributed by atoms with E-state index in [4.69, 9.17) is 11.6 Å². The summed E-state index contributed by atoms with van der Waals surface area (Å²) in [5, 5.41) is 5.62. The van der Waals surface area contributed by atoms with Crippen LogP contribution in [0.5, 0.6) is 0 Å². The molecule has 0 unspecified atom stereocenters. The molecule has 2 nitrogen and oxygen atoms in total. The van der Waals surface area contributed by atoms with Crippen LogP contribution in [-0.2, 0) is 13.0 Å². The van der Waals surface area contributed by atoms with Gasteiger partial charge in [0.25, 0.3) is 0 Å². The molecule has 5 heteroatoms. The molecule has 1 aromatic heterocycles. The lowest BCUT2D eigenvalue weighted by molar-refractivity contribution is 0.588. The Labute approximate surface area is 108 Å². The standard InChI is InChI=1S/C12H12ClFN2S/c13-10-2-1-9(12(14)5-10)6-15-4-3-11-7-17-8-16-11/h1-2,5,7-8,15H,3-4,6H2. The first-order valence-corrected chi connectivity index (χ1v) is 6.59. The monoisotopic (exact) mass is 270 g/mol. The largest absolute Gasteiger partial charge is 0.312 e. The molecule has 0 aliphatic heterocycles. The molecule has 0 aliphatic rings. The zero-order chi connectivity index (χ0) is 12.1. The van der Waals surface area contributed by atoms with Crippen LogP contribution in [0.2, 0.25) is 5.02 Å². The van der Waals surface area contributed by atoms with Crippen molar-refractivity contribution in [2.75, 3.05) is 6.54 Å². The van der Waals surface area contributed by atoms with Crippen molar-refractivity contribution in [3.63, 3.8) is 0 Å². The minimum absolute atomic E-state index is 0.265. The summed E-state index contributed by atoms with van der Waals surface area (Å²) in [6, 6.07) is 4.73. The van der Waals surface area contributed by atoms with Gasteiger partial charge in [-0.25, -0.2) is 9.37 Å². The van der Waals surface area contributed by atoms with E-state index in [-0.39, 0.29) is 5.82 Å². The van der Waals surface area contributed by atoms with Crippen LogP contribution in [0.25, 0.3) is 0 Å². The predicted octanol–water partition coefficient (Wildman–Crippen LogP) is 3.27. The highest BCUT2D eigenvalue weighted by Gasteiger charge is 2.02. The molecular weight excluding hydrogens is 259 g/mol. The van der Waals surface area contributed by atoms with E-state index in [0.29, 0.717) is 17.1 Å². The Morgan fingerprint density at radius 1 is 1.41 bits per heavy atom. The van der Waals surface area contributed by atoms with Crippen LogP contribution < -0.4 is 5.32 Å². The summed E-state index contributed by atoms with van der Waals surface area (Å²) in [5.74, 6) is -0.265. The number of hydrogen-bond acceptors (Lipinski definition) is 3. The Hall–Kier alpha value is -0.970. The molecule has 0 fully saturated rings. The molecule has 1 aromatic carbocycles. The van der Waals surface area contributed by atoms with Crippen LogP contribution >= 0.6 is 22.9 Å². The number of aromatic nitrogens is 1. The summed E-state index contributed by atoms with van der Waals surface area (Å²) in [6.45, 7) is 1.29. The van der Waals surface area contributed by atoms with Crippen molar-refractivity contribution in [1.82, 2.24) is 10.3 Å². The van der Waals surface area contributed by atoms with E-state index in [1.807, 2.05) is 10.9 Å². The number of thiazole rings is 1. The van der Waals surface area contributed by atoms with Crippen LogP contribution in [-0.4, -0.2) is 11.5 Å². The molecular formula is C12H12ClFN2S. The Morgan fingerprint density at radius 3 is 3.00 bits per heavy atom. The van der Waals surface area contributed by atoms with Gasteiger partial charge >= 0.3 is 0 Å². The molecule has 0 spiro atoms. The number of nitrogens with zero attached hydrogens (tertiary/aromatic N) is 1. The molecule has 0 atom stereocenters. The van der Waals surface area contributed by atoms with Gasteiger partial charge in [0, 0.05) is 35.5 Å². The minimum Gasteiger partial charge on any atom is -0.312 e. The fourth-order valence-corrected chi connectivity index (χ4v) is 2.22. The SMILES string of the molecule is Fc1cc(Cl)ccc1CNCCc1cscn1. The normalized spacial score (nSPS) is 10.7. The first kappa shape index (κ1) is 12.5. The predicted molar refractivity (Wildman–Crippen MR) is 68.9 cm³/mol. The lowest BCUT2D eigenvalue weighted by Gasteiger charge is -2.05. The Balaban J connectivity index is 1.78. The molecule has 1 N–H and O–H groups in total. The number of rotatable bonds is 5. The lowest BCUT2D eigenvalue weighted by atomic mass is 10.2. The Kier molecular flexibility index (Phi) is 4.48. The number of halogens is 2. The van der Waals surface area contributed by atoms with Crippen molar-refractivity contribution < 1.29 is 4.39 Å². The van der Waals surface area contributed by atoms with Gasteiger partial charge in [-0.1, -0.05) is 17.7 Å². The summed E-state index contributed by atoms with van der Waals surface area (Å²) < 4.78 is 13.4. The second kappa shape index (κ2) is 6.10. The molecule has 0 bridgehead atoms. The fourth-order valence-electron chi connectivity index (χ4n) is 1.47. The van der Waals surface area contributed by atoms with Crippen molar-refractivity contribution in [3.8, 4) is 0 Å². The molecule has 1 heterocycles. The van der Waals surface area contributed by atoms with Gasteiger partial charge in [-0.3, -0.25) is 0 Å². The van der Waals surface area contributed by atoms with Crippen LogP contribution in [0, 0.1) is 5.82 Å². The topological polar surface area (TPSA) is 24.9 Å². The molecule has 0 aliphatic carbocycles. The van der Waals surface area contributed by atoms with Gasteiger partial charge < -0.3 is 5.32 Å². The van der Waals surface area contributed by atoms with E-state index >= 15 is 0 Å². The summed E-state index contributed by atoms with van der Waals surface area (Å²) in [7, 11) is 0. The van der Waals surface area contributed by atoms with Gasteiger partial charge in [0.05, 0.1) is 11.2 Å². The van der Waals surface area contributed by atoms with E-state index in [1.165, 1.54) is 6.07 Å². The third-order valence-corrected chi connectivity index (χ3v) is 3.24. The maximum Gasteiger partial charge on any atom is 0.129 e. The molecule has 90 valence electrons. The van der Waals surface area contributed by atoms with Crippen molar-refractivity contribution in [3.05, 3.63) is 51.2 Å². The quantitative estimate of drug-likeness (QED) is 0.844. The number of nitrogens with one attached hydrogen (secondary N) is 1. The van der Waals surface area contributed by atoms with Gasteiger partial charge in [0.1, 0.15) is 5.82 Å². The third kappa shape index (κ3) is 3.77. The van der Waals surface area contributed by atoms with E-state index < -0.39 is 0 Å². The first-order chi connectivity index (χ1) is 8.25. The summed E-state index contributed by atoms with van der Waals surface area (Å²) in [5.41, 5.74) is 3.51. The Bertz CT molecular complexity index is 473. The second-order valence-corrected chi connectivity index (χ2v) is 4.80. The van der Waals surface area contributed by atoms with Gasteiger partial charge in [0.2, 0.25) is 0 Å². The van der Waals surface area contributed by atoms with Crippen molar-refractivity contribution in [1.29, 1.82) is 0 Å². The van der Waals surface area contributed by atoms with Crippen molar-refractivity contribution in [2.24, 2.45) is 0 Å². The molecule has 2 aromatic rings. The molecule has 17 heavy (non-hydrogen) atoms. The van der Waals surface area contributed by atoms with Gasteiger partial charge in [-0.2, -0.15) is 0 Å². The zero-order valence-corrected chi connectivity index (χ0v) is 10.7. The Morgan fingerprint density at radius 2 is 2.29 bits per heavy atom. The fraction of sp³-hybridized carbons (Fsp3) is 0.250. The van der Waals surface area contributed by atoms with Gasteiger partial charge in [0.15, 0.2) is 0 Å². The highest BCUT2D eigenvalue weighted by Crippen LogP contribution is 2.14. The highest BCUT2D eigenvalue weighted by molar-refractivity contribution is 7.07. The van der Waals surface area contributed by atoms with Crippen LogP contribution in [0.3, 0.4) is 0 Å². The molecule has 0 saturated carbocycles. The first-order valence-electron chi connectivity index (χ1n) is 5.27. The van der Waals surface area contributed by atoms with Gasteiger partial charge in [-0.15, -0.1) is 11.3 Å². The maximum absolute atomic E-state index is 13.4. The van der Waals surface area contributed by atoms with Crippen molar-refractivity contribution >= 4 is 22.9 Å². The van der Waals surface area contributed by atoms with E-state index in [9.17, 15) is 4.39 Å². The maximum atomic E-state index is 13.4. The number of benzene rings is 1. The van der Waals surface area contributed by atoms with E-state index in [2.05, 4.69) is 10.3 Å². The van der Waals surface area contributed by atoms with Crippen LogP contribution in [0.1, 0.15) is 11.3 Å². The molecule has 0 radical (unpaired) electrons. The summed E-state index contributed by atoms with van der Waals surface area (Å²) in [4.78, 5) is 4.18. The summed E-state index contributed by atoms with van der Waals surface area (Å²) >= 11 is 7.26. The highest BCUT2D eigenvalue weighted by atomic mass is 35.5. The summed E-state index contributed by atoms with van der Waals surface area (Å²) in [6.07, 6.45) is 0.860. The smallest absolute Gasteiger partial charge is 0.129 e. The average Bonchev–Trinajstić information content (AvgIpc) is 2.79. The van der Waals surface area contributed by atoms with Crippen LogP contribution in [0.4, 0.5) is 4.39 Å². The molecule has 0 saturated heterocycles. The molecule has 0 amide bonds. The van der Waals surface area contributed by atoms with E-state index in [0.717, 1.165) is 18.7 Å². The van der Waals surface area contributed by atoms with Crippen molar-refractivity contribution in [2.45, 2.75) is 13.0 Å². The third-order valence-electron chi connectivity index (χ3n) is 2.37. The van der Waals surface area contributed by atoms with E-state index in [1.54, 1.807) is 23.5 Å². The minimum atomic E-state index is -0.265. The number of hydrogen-bond donors (Lipinski definition) is 1. The van der Waals surface area contributed by atoms with Gasteiger partial charge in [-0.05, 0) is 12.1 Å². The van der Waals surface area contributed by atoms with Crippen LogP contribution in [0.15, 0.2) is 29.1 Å².